The minimum absolute atomic E-state index is 0. The molecule has 0 aromatic heterocycles. The third kappa shape index (κ3) is 6.46. The molecule has 6 bridgehead atoms. The third-order valence-electron chi connectivity index (χ3n) is 20.2. The first-order valence-electron chi connectivity index (χ1n) is 25.8. The van der Waals surface area contributed by atoms with Crippen LogP contribution in [0, 0.1) is 38.5 Å². The highest BCUT2D eigenvalue weighted by Gasteiger charge is 2.69. The molecule has 13 atom stereocenters. The van der Waals surface area contributed by atoms with E-state index in [1.165, 1.54) is 32.3 Å². The van der Waals surface area contributed by atoms with Crippen molar-refractivity contribution < 1.29 is 44.6 Å². The minimum atomic E-state index is -0.444. The molecule has 2 saturated carbocycles. The molecule has 5 heterocycles. The average Bonchev–Trinajstić information content (AvgIpc) is 3.89. The van der Waals surface area contributed by atoms with Gasteiger partial charge < -0.3 is 43.5 Å². The van der Waals surface area contributed by atoms with Gasteiger partial charge in [-0.25, -0.2) is 0 Å². The number of carbonyl (C=O) groups is 3. The van der Waals surface area contributed by atoms with E-state index in [0.717, 1.165) is 109 Å². The number of rotatable bonds is 3. The van der Waals surface area contributed by atoms with Gasteiger partial charge in [-0.3, -0.25) is 14.4 Å². The van der Waals surface area contributed by atoms with Crippen LogP contribution in [0.1, 0.15) is 90.0 Å². The van der Waals surface area contributed by atoms with Crippen LogP contribution < -0.4 is 9.47 Å². The van der Waals surface area contributed by atoms with Crippen LogP contribution in [0.2, 0.25) is 0 Å². The highest BCUT2D eigenvalue weighted by Crippen LogP contribution is 2.65. The smallest absolute Gasteiger partial charge is 0.238 e. The number of fused-ring (bicyclic) bond motifs is 1. The van der Waals surface area contributed by atoms with Gasteiger partial charge in [-0.2, -0.15) is 0 Å². The van der Waals surface area contributed by atoms with Crippen LogP contribution in [0.5, 0.6) is 17.2 Å². The molecule has 14 rings (SSSR count). The Kier molecular flexibility index (Phi) is 11.5. The fourth-order valence-electron chi connectivity index (χ4n) is 16.8. The monoisotopic (exact) mass is 1100 g/mol. The average molecular weight is 1100 g/mol. The number of methoxy groups -OCH3 is 3. The summed E-state index contributed by atoms with van der Waals surface area (Å²) in [6, 6.07) is 9.70. The third-order valence-corrected chi connectivity index (χ3v) is 21.6. The fraction of sp³-hybridized carbons (Fsp3) is 0.596. The normalized spacial score (nSPS) is 37.4. The molecular formula is C57H69Br2N3O9. The summed E-state index contributed by atoms with van der Waals surface area (Å²) >= 11 is 7.55. The maximum absolute atomic E-state index is 13.1. The molecule has 5 fully saturated rings. The molecule has 5 aliphatic heterocycles. The first kappa shape index (κ1) is 48.3. The summed E-state index contributed by atoms with van der Waals surface area (Å²) in [5.74, 6) is 4.18. The molecule has 0 amide bonds. The van der Waals surface area contributed by atoms with Gasteiger partial charge >= 0.3 is 0 Å². The molecule has 2 spiro atoms. The number of aromatic hydroxyl groups is 1. The quantitative estimate of drug-likeness (QED) is 0.275. The van der Waals surface area contributed by atoms with Crippen LogP contribution >= 0.6 is 31.9 Å². The largest absolute Gasteiger partial charge is 0.507 e. The van der Waals surface area contributed by atoms with Gasteiger partial charge in [-0.05, 0) is 176 Å². The molecule has 0 radical (unpaired) electrons. The summed E-state index contributed by atoms with van der Waals surface area (Å²) in [6.45, 7) is 9.11. The summed E-state index contributed by atoms with van der Waals surface area (Å²) in [5.41, 5.74) is 10.2. The van der Waals surface area contributed by atoms with E-state index >= 15 is 0 Å². The van der Waals surface area contributed by atoms with E-state index < -0.39 is 6.10 Å². The van der Waals surface area contributed by atoms with Crippen LogP contribution in [0.3, 0.4) is 0 Å². The molecule has 6 aliphatic carbocycles. The molecule has 14 heteroatoms. The predicted molar refractivity (Wildman–Crippen MR) is 277 cm³/mol. The number of halogens is 2. The van der Waals surface area contributed by atoms with Crippen LogP contribution in [0.4, 0.5) is 0 Å². The van der Waals surface area contributed by atoms with Crippen molar-refractivity contribution in [3.8, 4) is 17.2 Å². The lowest BCUT2D eigenvalue weighted by Crippen LogP contribution is -2.68. The summed E-state index contributed by atoms with van der Waals surface area (Å²) in [6.07, 6.45) is 8.58. The number of phenols is 1. The van der Waals surface area contributed by atoms with Crippen LogP contribution in [0.15, 0.2) is 45.0 Å². The van der Waals surface area contributed by atoms with Crippen molar-refractivity contribution in [2.75, 3.05) is 62.1 Å². The molecule has 11 aliphatic rings. The lowest BCUT2D eigenvalue weighted by Gasteiger charge is -2.58. The zero-order valence-electron chi connectivity index (χ0n) is 42.5. The number of piperidine rings is 3. The van der Waals surface area contributed by atoms with Gasteiger partial charge in [0, 0.05) is 82.6 Å². The van der Waals surface area contributed by atoms with Crippen molar-refractivity contribution in [1.29, 1.82) is 0 Å². The Hall–Kier alpha value is -3.63. The number of hydrogen-bond donors (Lipinski definition) is 1. The first-order valence-corrected chi connectivity index (χ1v) is 27.4. The Labute approximate surface area is 435 Å². The molecule has 3 aromatic carbocycles. The first-order chi connectivity index (χ1) is 33.9. The fourth-order valence-corrected chi connectivity index (χ4v) is 18.2. The molecular weight excluding hydrogens is 1030 g/mol. The van der Waals surface area contributed by atoms with Crippen LogP contribution in [-0.4, -0.2) is 142 Å². The Morgan fingerprint density at radius 3 is 1.90 bits per heavy atom. The number of likely N-dealkylation sites (N-methyl/N-ethyl adjacent to an activating group) is 3. The van der Waals surface area contributed by atoms with E-state index in [2.05, 4.69) is 106 Å². The van der Waals surface area contributed by atoms with E-state index in [0.29, 0.717) is 47.9 Å². The highest BCUT2D eigenvalue weighted by atomic mass is 79.9. The second-order valence-corrected chi connectivity index (χ2v) is 24.7. The zero-order chi connectivity index (χ0) is 50.0. The molecule has 71 heavy (non-hydrogen) atoms. The zero-order valence-corrected chi connectivity index (χ0v) is 45.6. The maximum Gasteiger partial charge on any atom is 0.238 e. The van der Waals surface area contributed by atoms with E-state index in [-0.39, 0.29) is 59.3 Å². The van der Waals surface area contributed by atoms with E-state index in [9.17, 15) is 19.5 Å². The lowest BCUT2D eigenvalue weighted by atomic mass is 9.51. The Balaban J connectivity index is 0.000000116. The molecule has 1 N–H and O–H groups in total. The van der Waals surface area contributed by atoms with Gasteiger partial charge in [0.05, 0.1) is 12.5 Å². The molecule has 3 aromatic rings. The number of phenolic OH excluding ortho intramolecular Hbond substituents is 1. The molecule has 380 valence electrons. The summed E-state index contributed by atoms with van der Waals surface area (Å²) in [5, 5.41) is 10.8. The van der Waals surface area contributed by atoms with Crippen molar-refractivity contribution in [3.63, 3.8) is 0 Å². The van der Waals surface area contributed by atoms with Gasteiger partial charge in [-0.1, -0.05) is 44.0 Å². The van der Waals surface area contributed by atoms with Crippen molar-refractivity contribution in [2.45, 2.75) is 137 Å². The highest BCUT2D eigenvalue weighted by molar-refractivity contribution is 9.10. The number of benzene rings is 3. The summed E-state index contributed by atoms with van der Waals surface area (Å²) < 4.78 is 31.5. The van der Waals surface area contributed by atoms with E-state index in [4.69, 9.17) is 23.7 Å². The Bertz CT molecular complexity index is 2850. The standard InChI is InChI=1S/C19H22BrNO3.C19H20BrNO3.C19H25NO3.H2/c2*1-9-6-12(20)10-7-13-11-8-14(23-3)16(22)18-19(11,4-5-21(13)2)15(10)17(9)24-18;1-11-4-5-12-8-14-13-9-16(23-3)15(21)10-19(13,6-7-20(14)2)17(12)18(11)22;/h6,11,13-14,18H,4-5,7-8H2,1-3H3;6,8,11,13,18H,4-5,7H2,1-3H3;4-5,13-14,16,22H,6-10H2,1-3H3;1H/t11?,13?,14?,18?,19-;11?,13?,18?,19-;13?,14?,16?,19-;/m111./s1. The van der Waals surface area contributed by atoms with Crippen molar-refractivity contribution in [3.05, 3.63) is 95.1 Å². The number of ether oxygens (including phenoxy) is 5. The number of ketones is 3. The maximum atomic E-state index is 13.1. The van der Waals surface area contributed by atoms with Gasteiger partial charge in [-0.15, -0.1) is 0 Å². The molecule has 10 unspecified atom stereocenters. The Morgan fingerprint density at radius 1 is 0.690 bits per heavy atom. The Morgan fingerprint density at radius 2 is 1.25 bits per heavy atom. The molecule has 12 nitrogen and oxygen atoms in total. The summed E-state index contributed by atoms with van der Waals surface area (Å²) in [7, 11) is 11.5. The van der Waals surface area contributed by atoms with Crippen molar-refractivity contribution >= 4 is 49.2 Å². The number of carbonyl (C=O) groups excluding carboxylic acids is 3. The number of likely N-dealkylation sites (tertiary alicyclic amines) is 3. The number of Topliss-reactive ketones (excluding diaryl/α,β-unsaturated/α-hetero) is 3. The van der Waals surface area contributed by atoms with Gasteiger partial charge in [0.25, 0.3) is 0 Å². The van der Waals surface area contributed by atoms with Gasteiger partial charge in [0.2, 0.25) is 11.6 Å². The predicted octanol–water partition coefficient (Wildman–Crippen LogP) is 7.80. The SMILES string of the molecule is COC1=CC2C3Cc4c(Br)cc(C)c5c4[C@]2(CCN3C)C(O5)C1=O.COC1CC2C3Cc4c(Br)cc(C)c5c4[C@]2(CCN3C)C(O5)C1=O.COC1CC2C3Cc4ccc(C)c(O)c4[C@]2(CCN3C)CC1=O.[HH]. The second kappa shape index (κ2) is 16.9. The van der Waals surface area contributed by atoms with Crippen LogP contribution in [0.25, 0.3) is 0 Å². The number of nitrogens with zero attached hydrogens (tertiary/aromatic N) is 3. The lowest BCUT2D eigenvalue weighted by molar-refractivity contribution is -0.154. The summed E-state index contributed by atoms with van der Waals surface area (Å²) in [4.78, 5) is 46.1. The minimum Gasteiger partial charge on any atom is -0.507 e. The van der Waals surface area contributed by atoms with E-state index in [1.807, 2.05) is 13.0 Å². The van der Waals surface area contributed by atoms with Gasteiger partial charge in [0.15, 0.2) is 23.8 Å². The number of aryl methyl sites for hydroxylation is 3. The van der Waals surface area contributed by atoms with Gasteiger partial charge in [0.1, 0.15) is 29.5 Å². The number of hydrogen-bond acceptors (Lipinski definition) is 12. The van der Waals surface area contributed by atoms with Crippen molar-refractivity contribution in [1.82, 2.24) is 14.7 Å². The van der Waals surface area contributed by atoms with E-state index in [1.54, 1.807) is 21.3 Å². The second-order valence-electron chi connectivity index (χ2n) is 23.0. The van der Waals surface area contributed by atoms with Crippen molar-refractivity contribution in [2.24, 2.45) is 17.8 Å². The molecule has 3 saturated heterocycles. The topological polar surface area (TPSA) is 127 Å². The van der Waals surface area contributed by atoms with Crippen LogP contribution in [-0.2, 0) is 64.1 Å².